The van der Waals surface area contributed by atoms with Crippen LogP contribution < -0.4 is 4.90 Å². The van der Waals surface area contributed by atoms with E-state index in [9.17, 15) is 14.3 Å². The molecule has 0 radical (unpaired) electrons. The predicted octanol–water partition coefficient (Wildman–Crippen LogP) is 8.33. The molecular formula is C42H56FN3O5. The molecule has 0 bridgehead atoms. The molecule has 2 aromatic carbocycles. The number of aliphatic carboxylic acids is 1. The topological polar surface area (TPSA) is 84.4 Å². The first-order chi connectivity index (χ1) is 24.2. The highest BCUT2D eigenvalue weighted by Crippen LogP contribution is 2.46. The number of carboxylic acids is 1. The maximum Gasteiger partial charge on any atom is 0.337 e. The van der Waals surface area contributed by atoms with Gasteiger partial charge >= 0.3 is 5.97 Å². The standard InChI is InChI=1S/C42H56FN3O5/c1-27-22-33(43)11-10-31(27)24-45-17-12-29-23-30(8-9-32(29)25-45)37-35(26-50-34-13-20-49-21-14-34)44-28(2)36(39(40(47)48)51-41(3,4)5)38(37)46-18-15-42(6,7)16-19-46/h8-11,22-23,34,39H,12-21,24-26H2,1-7H3,(H,47,48). The molecule has 4 heterocycles. The summed E-state index contributed by atoms with van der Waals surface area (Å²) in [4.78, 5) is 23.1. The van der Waals surface area contributed by atoms with Crippen molar-refractivity contribution in [1.82, 2.24) is 9.88 Å². The Morgan fingerprint density at radius 2 is 1.78 bits per heavy atom. The Hall–Kier alpha value is -3.37. The number of hydrogen-bond acceptors (Lipinski definition) is 7. The molecule has 2 saturated heterocycles. The third-order valence-corrected chi connectivity index (χ3v) is 10.8. The Labute approximate surface area is 303 Å². The number of piperidine rings is 1. The molecule has 0 saturated carbocycles. The van der Waals surface area contributed by atoms with Crippen molar-refractivity contribution in [2.24, 2.45) is 5.41 Å². The van der Waals surface area contributed by atoms with E-state index in [0.29, 0.717) is 31.1 Å². The first-order valence-corrected chi connectivity index (χ1v) is 18.7. The highest BCUT2D eigenvalue weighted by Gasteiger charge is 2.37. The average Bonchev–Trinajstić information content (AvgIpc) is 3.07. The molecule has 276 valence electrons. The number of fused-ring (bicyclic) bond motifs is 1. The molecular weight excluding hydrogens is 645 g/mol. The number of aromatic nitrogens is 1. The normalized spacial score (nSPS) is 19.2. The van der Waals surface area contributed by atoms with E-state index in [4.69, 9.17) is 19.2 Å². The zero-order valence-electron chi connectivity index (χ0n) is 31.6. The second kappa shape index (κ2) is 15.3. The van der Waals surface area contributed by atoms with Crippen LogP contribution in [0.2, 0.25) is 0 Å². The van der Waals surface area contributed by atoms with Crippen LogP contribution in [-0.2, 0) is 45.1 Å². The molecule has 8 nitrogen and oxygen atoms in total. The zero-order valence-corrected chi connectivity index (χ0v) is 31.6. The summed E-state index contributed by atoms with van der Waals surface area (Å²) in [5.74, 6) is -1.22. The van der Waals surface area contributed by atoms with E-state index in [1.807, 2.05) is 40.7 Å². The molecule has 0 spiro atoms. The molecule has 2 fully saturated rings. The van der Waals surface area contributed by atoms with E-state index in [-0.39, 0.29) is 17.3 Å². The molecule has 0 aliphatic carbocycles. The molecule has 6 rings (SSSR count). The van der Waals surface area contributed by atoms with Crippen LogP contribution in [0.25, 0.3) is 11.1 Å². The van der Waals surface area contributed by atoms with Gasteiger partial charge in [0, 0.05) is 62.8 Å². The van der Waals surface area contributed by atoms with Crippen molar-refractivity contribution in [3.8, 4) is 11.1 Å². The van der Waals surface area contributed by atoms with Crippen molar-refractivity contribution in [2.75, 3.05) is 37.7 Å². The molecule has 1 atom stereocenters. The van der Waals surface area contributed by atoms with Crippen LogP contribution in [0.3, 0.4) is 0 Å². The minimum Gasteiger partial charge on any atom is -0.479 e. The van der Waals surface area contributed by atoms with E-state index in [1.165, 1.54) is 11.1 Å². The number of nitrogens with zero attached hydrogens (tertiary/aromatic N) is 3. The fourth-order valence-electron chi connectivity index (χ4n) is 7.75. The first-order valence-electron chi connectivity index (χ1n) is 18.7. The summed E-state index contributed by atoms with van der Waals surface area (Å²) >= 11 is 0. The highest BCUT2D eigenvalue weighted by molar-refractivity contribution is 5.88. The molecule has 1 N–H and O–H groups in total. The second-order valence-electron chi connectivity index (χ2n) is 16.5. The number of carboxylic acid groups (broad SMARTS) is 1. The number of aryl methyl sites for hydroxylation is 2. The summed E-state index contributed by atoms with van der Waals surface area (Å²) in [5, 5.41) is 10.7. The van der Waals surface area contributed by atoms with Crippen molar-refractivity contribution < 1.29 is 28.5 Å². The third-order valence-electron chi connectivity index (χ3n) is 10.8. The number of anilines is 1. The van der Waals surface area contributed by atoms with Crippen molar-refractivity contribution in [1.29, 1.82) is 0 Å². The number of pyridine rings is 1. The van der Waals surface area contributed by atoms with Gasteiger partial charge in [-0.3, -0.25) is 9.88 Å². The molecule has 3 aliphatic rings. The van der Waals surface area contributed by atoms with Crippen LogP contribution in [-0.4, -0.2) is 65.5 Å². The van der Waals surface area contributed by atoms with Crippen LogP contribution in [0.1, 0.15) is 106 Å². The van der Waals surface area contributed by atoms with Crippen LogP contribution in [0.4, 0.5) is 10.1 Å². The van der Waals surface area contributed by atoms with Crippen LogP contribution in [0.15, 0.2) is 36.4 Å². The number of rotatable bonds is 10. The van der Waals surface area contributed by atoms with Gasteiger partial charge in [-0.15, -0.1) is 0 Å². The lowest BCUT2D eigenvalue weighted by Crippen LogP contribution is -2.39. The van der Waals surface area contributed by atoms with Crippen LogP contribution >= 0.6 is 0 Å². The number of hydrogen-bond donors (Lipinski definition) is 1. The summed E-state index contributed by atoms with van der Waals surface area (Å²) < 4.78 is 32.3. The van der Waals surface area contributed by atoms with Gasteiger partial charge in [0.2, 0.25) is 0 Å². The summed E-state index contributed by atoms with van der Waals surface area (Å²) in [6, 6.07) is 11.7. The van der Waals surface area contributed by atoms with Crippen molar-refractivity contribution in [2.45, 2.75) is 118 Å². The Morgan fingerprint density at radius 3 is 2.45 bits per heavy atom. The predicted molar refractivity (Wildman–Crippen MR) is 198 cm³/mol. The number of ether oxygens (including phenoxy) is 3. The summed E-state index contributed by atoms with van der Waals surface area (Å²) in [6.45, 7) is 20.0. The summed E-state index contributed by atoms with van der Waals surface area (Å²) in [5.41, 5.74) is 9.16. The summed E-state index contributed by atoms with van der Waals surface area (Å²) in [6.07, 6.45) is 3.44. The molecule has 3 aliphatic heterocycles. The van der Waals surface area contributed by atoms with E-state index < -0.39 is 17.7 Å². The van der Waals surface area contributed by atoms with Gasteiger partial charge < -0.3 is 24.2 Å². The number of benzene rings is 2. The Bertz CT molecular complexity index is 1720. The molecule has 51 heavy (non-hydrogen) atoms. The second-order valence-corrected chi connectivity index (χ2v) is 16.5. The van der Waals surface area contributed by atoms with Crippen molar-refractivity contribution >= 4 is 11.7 Å². The smallest absolute Gasteiger partial charge is 0.337 e. The van der Waals surface area contributed by atoms with Crippen LogP contribution in [0.5, 0.6) is 0 Å². The maximum absolute atomic E-state index is 13.8. The highest BCUT2D eigenvalue weighted by atomic mass is 19.1. The quantitative estimate of drug-likeness (QED) is 0.226. The SMILES string of the molecule is Cc1cc(F)ccc1CN1CCc2cc(-c3c(COC4CCOCC4)nc(C)c(C(OC(C)(C)C)C(=O)O)c3N3CCC(C)(C)CC3)ccc2C1. The van der Waals surface area contributed by atoms with Gasteiger partial charge in [-0.1, -0.05) is 38.1 Å². The third kappa shape index (κ3) is 8.99. The maximum atomic E-state index is 13.8. The van der Waals surface area contributed by atoms with Gasteiger partial charge in [0.1, 0.15) is 5.82 Å². The fraction of sp³-hybridized carbons (Fsp3) is 0.571. The summed E-state index contributed by atoms with van der Waals surface area (Å²) in [7, 11) is 0. The molecule has 9 heteroatoms. The lowest BCUT2D eigenvalue weighted by molar-refractivity contribution is -0.160. The Kier molecular flexibility index (Phi) is 11.2. The molecule has 0 amide bonds. The van der Waals surface area contributed by atoms with E-state index >= 15 is 0 Å². The van der Waals surface area contributed by atoms with Gasteiger partial charge in [-0.25, -0.2) is 9.18 Å². The fourth-order valence-corrected chi connectivity index (χ4v) is 7.75. The minimum atomic E-state index is -1.19. The van der Waals surface area contributed by atoms with Gasteiger partial charge in [0.15, 0.2) is 6.10 Å². The van der Waals surface area contributed by atoms with Gasteiger partial charge in [-0.2, -0.15) is 0 Å². The monoisotopic (exact) mass is 701 g/mol. The minimum absolute atomic E-state index is 0.0860. The lowest BCUT2D eigenvalue weighted by Gasteiger charge is -2.41. The molecule has 1 unspecified atom stereocenters. The van der Waals surface area contributed by atoms with Gasteiger partial charge in [0.05, 0.1) is 29.7 Å². The van der Waals surface area contributed by atoms with E-state index in [2.05, 4.69) is 41.8 Å². The Balaban J connectivity index is 1.45. The average molecular weight is 702 g/mol. The Morgan fingerprint density at radius 1 is 1.06 bits per heavy atom. The van der Waals surface area contributed by atoms with Gasteiger partial charge in [-0.05, 0) is 112 Å². The molecule has 3 aromatic rings. The van der Waals surface area contributed by atoms with Crippen molar-refractivity contribution in [3.63, 3.8) is 0 Å². The number of carbonyl (C=O) groups is 1. The first kappa shape index (κ1) is 37.4. The van der Waals surface area contributed by atoms with Crippen LogP contribution in [0, 0.1) is 25.1 Å². The zero-order chi connectivity index (χ0) is 36.5. The lowest BCUT2D eigenvalue weighted by atomic mass is 9.81. The van der Waals surface area contributed by atoms with E-state index in [0.717, 1.165) is 98.5 Å². The van der Waals surface area contributed by atoms with Gasteiger partial charge in [0.25, 0.3) is 0 Å². The largest absolute Gasteiger partial charge is 0.479 e. The van der Waals surface area contributed by atoms with E-state index in [1.54, 1.807) is 12.1 Å². The number of halogens is 1. The molecule has 1 aromatic heterocycles. The van der Waals surface area contributed by atoms with Crippen molar-refractivity contribution in [3.05, 3.63) is 81.4 Å².